The van der Waals surface area contributed by atoms with Gasteiger partial charge in [0.25, 0.3) is 0 Å². The first-order chi connectivity index (χ1) is 12.0. The summed E-state index contributed by atoms with van der Waals surface area (Å²) in [5, 5.41) is 0.744. The Morgan fingerprint density at radius 3 is 2.20 bits per heavy atom. The second-order valence-electron chi connectivity index (χ2n) is 6.02. The molecule has 7 heteroatoms. The van der Waals surface area contributed by atoms with Crippen molar-refractivity contribution in [1.82, 2.24) is 9.62 Å². The summed E-state index contributed by atoms with van der Waals surface area (Å²) in [4.78, 5) is 4.91. The zero-order valence-electron chi connectivity index (χ0n) is 13.9. The lowest BCUT2D eigenvalue weighted by molar-refractivity contribution is 0.262. The molecule has 0 unspecified atom stereocenters. The Morgan fingerprint density at radius 2 is 1.56 bits per heavy atom. The van der Waals surface area contributed by atoms with E-state index in [0.717, 1.165) is 31.2 Å². The largest absolute Gasteiger partial charge is 0.369 e. The third-order valence-electron chi connectivity index (χ3n) is 4.34. The van der Waals surface area contributed by atoms with Crippen LogP contribution < -0.4 is 9.62 Å². The number of piperazine rings is 1. The number of halogens is 1. The maximum absolute atomic E-state index is 12.2. The lowest BCUT2D eigenvalue weighted by Gasteiger charge is -2.36. The normalized spacial score (nSPS) is 16.1. The molecule has 1 aliphatic rings. The molecule has 0 aromatic heterocycles. The summed E-state index contributed by atoms with van der Waals surface area (Å²) in [7, 11) is -3.42. The lowest BCUT2D eigenvalue weighted by Crippen LogP contribution is -2.48. The molecule has 25 heavy (non-hydrogen) atoms. The predicted molar refractivity (Wildman–Crippen MR) is 102 cm³/mol. The number of anilines is 1. The van der Waals surface area contributed by atoms with Crippen LogP contribution in [0.15, 0.2) is 59.5 Å². The summed E-state index contributed by atoms with van der Waals surface area (Å²) >= 11 is 5.93. The van der Waals surface area contributed by atoms with Crippen molar-refractivity contribution in [3.63, 3.8) is 0 Å². The first-order valence-electron chi connectivity index (χ1n) is 8.32. The van der Waals surface area contributed by atoms with Gasteiger partial charge in [0, 0.05) is 50.0 Å². The number of nitrogens with zero attached hydrogens (tertiary/aromatic N) is 2. The van der Waals surface area contributed by atoms with Crippen LogP contribution in [0.2, 0.25) is 5.02 Å². The summed E-state index contributed by atoms with van der Waals surface area (Å²) in [6.45, 7) is 4.80. The molecule has 134 valence electrons. The van der Waals surface area contributed by atoms with Crippen LogP contribution in [0.25, 0.3) is 0 Å². The molecule has 2 aromatic carbocycles. The second kappa shape index (κ2) is 8.19. The van der Waals surface area contributed by atoms with Crippen molar-refractivity contribution in [3.05, 3.63) is 59.6 Å². The van der Waals surface area contributed by atoms with Gasteiger partial charge >= 0.3 is 0 Å². The van der Waals surface area contributed by atoms with Gasteiger partial charge < -0.3 is 4.90 Å². The molecular weight excluding hydrogens is 358 g/mol. The number of benzene rings is 2. The van der Waals surface area contributed by atoms with Crippen molar-refractivity contribution in [3.8, 4) is 0 Å². The first-order valence-corrected chi connectivity index (χ1v) is 10.2. The Hall–Kier alpha value is -1.60. The molecule has 0 spiro atoms. The van der Waals surface area contributed by atoms with Crippen LogP contribution in [-0.4, -0.2) is 52.6 Å². The minimum absolute atomic E-state index is 0.308. The number of hydrogen-bond acceptors (Lipinski definition) is 4. The van der Waals surface area contributed by atoms with Crippen LogP contribution in [-0.2, 0) is 10.0 Å². The zero-order valence-corrected chi connectivity index (χ0v) is 15.5. The van der Waals surface area contributed by atoms with Crippen LogP contribution in [0.4, 0.5) is 5.69 Å². The Kier molecular flexibility index (Phi) is 5.96. The monoisotopic (exact) mass is 379 g/mol. The van der Waals surface area contributed by atoms with E-state index in [2.05, 4.69) is 14.5 Å². The molecule has 0 saturated carbocycles. The fourth-order valence-corrected chi connectivity index (χ4v) is 4.07. The maximum atomic E-state index is 12.2. The van der Waals surface area contributed by atoms with Gasteiger partial charge in [-0.3, -0.25) is 4.90 Å². The summed E-state index contributed by atoms with van der Waals surface area (Å²) in [5.74, 6) is 0. The van der Waals surface area contributed by atoms with Gasteiger partial charge in [-0.2, -0.15) is 0 Å². The van der Waals surface area contributed by atoms with E-state index in [0.29, 0.717) is 18.0 Å². The average molecular weight is 380 g/mol. The molecule has 5 nitrogen and oxygen atoms in total. The minimum atomic E-state index is -3.42. The Bertz CT molecular complexity index is 774. The summed E-state index contributed by atoms with van der Waals surface area (Å²) in [5.41, 5.74) is 1.17. The quantitative estimate of drug-likeness (QED) is 0.837. The molecule has 0 aliphatic carbocycles. The van der Waals surface area contributed by atoms with E-state index in [9.17, 15) is 8.42 Å². The molecule has 1 N–H and O–H groups in total. The van der Waals surface area contributed by atoms with Crippen molar-refractivity contribution >= 4 is 27.3 Å². The predicted octanol–water partition coefficient (Wildman–Crippen LogP) is 2.44. The number of nitrogens with one attached hydrogen (secondary N) is 1. The summed E-state index contributed by atoms with van der Waals surface area (Å²) in [6.07, 6.45) is 0. The van der Waals surface area contributed by atoms with Gasteiger partial charge in [-0.25, -0.2) is 13.1 Å². The third-order valence-corrected chi connectivity index (χ3v) is 6.07. The van der Waals surface area contributed by atoms with Crippen molar-refractivity contribution in [2.24, 2.45) is 0 Å². The van der Waals surface area contributed by atoms with E-state index >= 15 is 0 Å². The highest BCUT2D eigenvalue weighted by Crippen LogP contribution is 2.19. The highest BCUT2D eigenvalue weighted by atomic mass is 35.5. The van der Waals surface area contributed by atoms with Crippen LogP contribution in [0, 0.1) is 0 Å². The average Bonchev–Trinajstić information content (AvgIpc) is 2.64. The smallest absolute Gasteiger partial charge is 0.240 e. The molecule has 1 saturated heterocycles. The highest BCUT2D eigenvalue weighted by Gasteiger charge is 2.18. The summed E-state index contributed by atoms with van der Waals surface area (Å²) in [6, 6.07) is 16.3. The van der Waals surface area contributed by atoms with Crippen molar-refractivity contribution < 1.29 is 8.42 Å². The van der Waals surface area contributed by atoms with Gasteiger partial charge in [0.2, 0.25) is 10.0 Å². The molecule has 1 fully saturated rings. The minimum Gasteiger partial charge on any atom is -0.369 e. The van der Waals surface area contributed by atoms with E-state index in [-0.39, 0.29) is 0 Å². The number of sulfonamides is 1. The molecule has 3 rings (SSSR count). The molecule has 1 aliphatic heterocycles. The van der Waals surface area contributed by atoms with Crippen molar-refractivity contribution in [2.45, 2.75) is 4.90 Å². The van der Waals surface area contributed by atoms with Gasteiger partial charge in [0.15, 0.2) is 0 Å². The van der Waals surface area contributed by atoms with E-state index < -0.39 is 10.0 Å². The first kappa shape index (κ1) is 18.2. The standard InChI is InChI=1S/C18H22ClN3O2S/c19-16-6-8-17(9-7-16)22-14-12-21(13-15-22)11-10-20-25(23,24)18-4-2-1-3-5-18/h1-9,20H,10-15H2. The van der Waals surface area contributed by atoms with Gasteiger partial charge in [-0.15, -0.1) is 0 Å². The lowest BCUT2D eigenvalue weighted by atomic mass is 10.2. The summed E-state index contributed by atoms with van der Waals surface area (Å²) < 4.78 is 27.1. The van der Waals surface area contributed by atoms with Crippen molar-refractivity contribution in [1.29, 1.82) is 0 Å². The SMILES string of the molecule is O=S(=O)(NCCN1CCN(c2ccc(Cl)cc2)CC1)c1ccccc1. The highest BCUT2D eigenvalue weighted by molar-refractivity contribution is 7.89. The van der Waals surface area contributed by atoms with E-state index in [4.69, 9.17) is 11.6 Å². The zero-order chi connectivity index (χ0) is 17.7. The number of rotatable bonds is 6. The molecule has 0 radical (unpaired) electrons. The van der Waals surface area contributed by atoms with E-state index in [1.165, 1.54) is 5.69 Å². The van der Waals surface area contributed by atoms with Crippen molar-refractivity contribution in [2.75, 3.05) is 44.2 Å². The second-order valence-corrected chi connectivity index (χ2v) is 8.22. The van der Waals surface area contributed by atoms with Crippen LogP contribution in [0.5, 0.6) is 0 Å². The van der Waals surface area contributed by atoms with Crippen LogP contribution >= 0.6 is 11.6 Å². The molecule has 0 bridgehead atoms. The third kappa shape index (κ3) is 4.95. The van der Waals surface area contributed by atoms with Crippen LogP contribution in [0.1, 0.15) is 0 Å². The van der Waals surface area contributed by atoms with E-state index in [1.807, 2.05) is 24.3 Å². The topological polar surface area (TPSA) is 52.7 Å². The maximum Gasteiger partial charge on any atom is 0.240 e. The fourth-order valence-electron chi connectivity index (χ4n) is 2.90. The molecule has 0 atom stereocenters. The molecular formula is C18H22ClN3O2S. The molecule has 0 amide bonds. The molecule has 2 aromatic rings. The fraction of sp³-hybridized carbons (Fsp3) is 0.333. The van der Waals surface area contributed by atoms with Gasteiger partial charge in [-0.05, 0) is 36.4 Å². The molecule has 1 heterocycles. The number of hydrogen-bond donors (Lipinski definition) is 1. The Morgan fingerprint density at radius 1 is 0.920 bits per heavy atom. The Balaban J connectivity index is 1.44. The van der Waals surface area contributed by atoms with Gasteiger partial charge in [0.05, 0.1) is 4.90 Å². The van der Waals surface area contributed by atoms with Gasteiger partial charge in [-0.1, -0.05) is 29.8 Å². The van der Waals surface area contributed by atoms with Crippen LogP contribution in [0.3, 0.4) is 0 Å². The Labute approximate surface area is 154 Å². The van der Waals surface area contributed by atoms with Gasteiger partial charge in [0.1, 0.15) is 0 Å². The van der Waals surface area contributed by atoms with E-state index in [1.54, 1.807) is 30.3 Å².